The number of piperazine rings is 1. The number of hydrogen-bond donors (Lipinski definition) is 0. The summed E-state index contributed by atoms with van der Waals surface area (Å²) >= 11 is 1.04. The fourth-order valence-corrected chi connectivity index (χ4v) is 3.77. The maximum absolute atomic E-state index is 12.7. The van der Waals surface area contributed by atoms with Gasteiger partial charge in [-0.3, -0.25) is 4.90 Å². The van der Waals surface area contributed by atoms with Crippen LogP contribution in [0.5, 0.6) is 11.5 Å². The number of aromatic nitrogens is 1. The zero-order chi connectivity index (χ0) is 18.7. The van der Waals surface area contributed by atoms with E-state index in [0.717, 1.165) is 46.9 Å². The lowest BCUT2D eigenvalue weighted by molar-refractivity contribution is -0.140. The van der Waals surface area contributed by atoms with Crippen molar-refractivity contribution in [1.29, 1.82) is 0 Å². The van der Waals surface area contributed by atoms with Crippen molar-refractivity contribution in [3.8, 4) is 11.5 Å². The first-order chi connectivity index (χ1) is 12.4. The Morgan fingerprint density at radius 3 is 2.42 bits per heavy atom. The van der Waals surface area contributed by atoms with Crippen molar-refractivity contribution in [3.63, 3.8) is 0 Å². The fourth-order valence-electron chi connectivity index (χ4n) is 2.88. The Bertz CT molecular complexity index is 743. The predicted molar refractivity (Wildman–Crippen MR) is 94.2 cm³/mol. The first-order valence-corrected chi connectivity index (χ1v) is 8.99. The van der Waals surface area contributed by atoms with Gasteiger partial charge in [0.2, 0.25) is 0 Å². The summed E-state index contributed by atoms with van der Waals surface area (Å²) in [6.45, 7) is 3.44. The van der Waals surface area contributed by atoms with Gasteiger partial charge in [-0.25, -0.2) is 4.98 Å². The molecule has 142 valence electrons. The number of alkyl halides is 3. The average Bonchev–Trinajstić information content (AvgIpc) is 3.13. The maximum atomic E-state index is 12.7. The Morgan fingerprint density at radius 1 is 1.12 bits per heavy atom. The van der Waals surface area contributed by atoms with Gasteiger partial charge in [0.05, 0.1) is 14.2 Å². The Labute approximate surface area is 154 Å². The standard InChI is InChI=1S/C17H20F3N3O2S/c1-24-13-3-4-14(25-2)12(9-13)10-22-5-7-23(8-6-22)16-21-15(11-26-16)17(18,19)20/h3-4,9,11H,5-8,10H2,1-2H3. The zero-order valence-corrected chi connectivity index (χ0v) is 15.4. The van der Waals surface area contributed by atoms with Gasteiger partial charge in [0.25, 0.3) is 0 Å². The third-order valence-corrected chi connectivity index (χ3v) is 5.21. The maximum Gasteiger partial charge on any atom is 0.434 e. The molecule has 3 rings (SSSR count). The van der Waals surface area contributed by atoms with Crippen LogP contribution in [0.15, 0.2) is 23.6 Å². The molecule has 1 aromatic heterocycles. The molecule has 0 radical (unpaired) electrons. The van der Waals surface area contributed by atoms with Gasteiger partial charge in [0.15, 0.2) is 10.8 Å². The molecule has 0 atom stereocenters. The Morgan fingerprint density at radius 2 is 1.85 bits per heavy atom. The van der Waals surface area contributed by atoms with Gasteiger partial charge in [-0.05, 0) is 18.2 Å². The number of ether oxygens (including phenoxy) is 2. The van der Waals surface area contributed by atoms with E-state index in [1.807, 2.05) is 23.1 Å². The molecule has 1 saturated heterocycles. The molecular weight excluding hydrogens is 367 g/mol. The normalized spacial score (nSPS) is 16.0. The zero-order valence-electron chi connectivity index (χ0n) is 14.5. The second-order valence-electron chi connectivity index (χ2n) is 5.95. The lowest BCUT2D eigenvalue weighted by atomic mass is 10.1. The predicted octanol–water partition coefficient (Wildman–Crippen LogP) is 3.50. The van der Waals surface area contributed by atoms with Crippen LogP contribution in [0.4, 0.5) is 18.3 Å². The minimum Gasteiger partial charge on any atom is -0.497 e. The molecule has 0 saturated carbocycles. The topological polar surface area (TPSA) is 37.8 Å². The molecule has 2 aromatic rings. The van der Waals surface area contributed by atoms with Gasteiger partial charge >= 0.3 is 6.18 Å². The van der Waals surface area contributed by atoms with Crippen molar-refractivity contribution in [2.75, 3.05) is 45.3 Å². The van der Waals surface area contributed by atoms with Crippen LogP contribution >= 0.6 is 11.3 Å². The fraction of sp³-hybridized carbons (Fsp3) is 0.471. The summed E-state index contributed by atoms with van der Waals surface area (Å²) in [6.07, 6.45) is -4.39. The summed E-state index contributed by atoms with van der Waals surface area (Å²) in [4.78, 5) is 7.87. The third-order valence-electron chi connectivity index (χ3n) is 4.31. The van der Waals surface area contributed by atoms with E-state index in [1.165, 1.54) is 0 Å². The van der Waals surface area contributed by atoms with Crippen LogP contribution < -0.4 is 14.4 Å². The van der Waals surface area contributed by atoms with Crippen molar-refractivity contribution in [2.24, 2.45) is 0 Å². The molecule has 0 bridgehead atoms. The van der Waals surface area contributed by atoms with Crippen LogP contribution in [0, 0.1) is 0 Å². The summed E-state index contributed by atoms with van der Waals surface area (Å²) < 4.78 is 48.8. The molecule has 26 heavy (non-hydrogen) atoms. The number of anilines is 1. The first-order valence-electron chi connectivity index (χ1n) is 8.11. The van der Waals surface area contributed by atoms with Crippen molar-refractivity contribution in [1.82, 2.24) is 9.88 Å². The molecule has 1 aliphatic rings. The number of nitrogens with zero attached hydrogens (tertiary/aromatic N) is 3. The van der Waals surface area contributed by atoms with Crippen LogP contribution in [0.3, 0.4) is 0 Å². The minimum atomic E-state index is -4.39. The van der Waals surface area contributed by atoms with E-state index in [9.17, 15) is 13.2 Å². The van der Waals surface area contributed by atoms with Crippen molar-refractivity contribution >= 4 is 16.5 Å². The van der Waals surface area contributed by atoms with Crippen molar-refractivity contribution in [2.45, 2.75) is 12.7 Å². The van der Waals surface area contributed by atoms with E-state index in [1.54, 1.807) is 14.2 Å². The van der Waals surface area contributed by atoms with Gasteiger partial charge in [-0.2, -0.15) is 13.2 Å². The smallest absolute Gasteiger partial charge is 0.434 e. The molecule has 1 fully saturated rings. The number of halogens is 3. The monoisotopic (exact) mass is 387 g/mol. The lowest BCUT2D eigenvalue weighted by Crippen LogP contribution is -2.46. The van der Waals surface area contributed by atoms with E-state index < -0.39 is 11.9 Å². The molecule has 0 N–H and O–H groups in total. The Hall–Kier alpha value is -2.00. The van der Waals surface area contributed by atoms with E-state index in [2.05, 4.69) is 9.88 Å². The SMILES string of the molecule is COc1ccc(OC)c(CN2CCN(c3nc(C(F)(F)F)cs3)CC2)c1. The highest BCUT2D eigenvalue weighted by molar-refractivity contribution is 7.13. The quantitative estimate of drug-likeness (QED) is 0.785. The highest BCUT2D eigenvalue weighted by Crippen LogP contribution is 2.33. The Balaban J connectivity index is 1.61. The molecule has 1 aliphatic heterocycles. The van der Waals surface area contributed by atoms with Crippen molar-refractivity contribution in [3.05, 3.63) is 34.8 Å². The highest BCUT2D eigenvalue weighted by Gasteiger charge is 2.34. The summed E-state index contributed by atoms with van der Waals surface area (Å²) in [5, 5.41) is 1.50. The number of thiazole rings is 1. The van der Waals surface area contributed by atoms with Crippen LogP contribution in [-0.4, -0.2) is 50.3 Å². The molecule has 9 heteroatoms. The lowest BCUT2D eigenvalue weighted by Gasteiger charge is -2.34. The van der Waals surface area contributed by atoms with Crippen LogP contribution in [0.2, 0.25) is 0 Å². The van der Waals surface area contributed by atoms with Crippen LogP contribution in [-0.2, 0) is 12.7 Å². The van der Waals surface area contributed by atoms with E-state index in [0.29, 0.717) is 24.8 Å². The largest absolute Gasteiger partial charge is 0.497 e. The molecule has 2 heterocycles. The van der Waals surface area contributed by atoms with E-state index in [-0.39, 0.29) is 0 Å². The summed E-state index contributed by atoms with van der Waals surface area (Å²) in [7, 11) is 3.25. The molecule has 0 amide bonds. The van der Waals surface area contributed by atoms with Crippen LogP contribution in [0.1, 0.15) is 11.3 Å². The summed E-state index contributed by atoms with van der Waals surface area (Å²) in [5.41, 5.74) is 0.204. The van der Waals surface area contributed by atoms with E-state index in [4.69, 9.17) is 9.47 Å². The average molecular weight is 387 g/mol. The molecule has 0 unspecified atom stereocenters. The number of benzene rings is 1. The number of rotatable bonds is 5. The van der Waals surface area contributed by atoms with Gasteiger partial charge in [0.1, 0.15) is 11.5 Å². The Kier molecular flexibility index (Phi) is 5.57. The summed E-state index contributed by atoms with van der Waals surface area (Å²) in [6, 6.07) is 5.67. The van der Waals surface area contributed by atoms with Gasteiger partial charge < -0.3 is 14.4 Å². The second-order valence-corrected chi connectivity index (χ2v) is 6.79. The van der Waals surface area contributed by atoms with Crippen LogP contribution in [0.25, 0.3) is 0 Å². The number of hydrogen-bond acceptors (Lipinski definition) is 6. The van der Waals surface area contributed by atoms with Gasteiger partial charge in [-0.15, -0.1) is 11.3 Å². The molecule has 1 aromatic carbocycles. The van der Waals surface area contributed by atoms with Gasteiger partial charge in [0, 0.05) is 43.7 Å². The third kappa shape index (κ3) is 4.21. The number of methoxy groups -OCH3 is 2. The highest BCUT2D eigenvalue weighted by atomic mass is 32.1. The van der Waals surface area contributed by atoms with Crippen molar-refractivity contribution < 1.29 is 22.6 Å². The molecule has 0 aliphatic carbocycles. The molecule has 0 spiro atoms. The molecular formula is C17H20F3N3O2S. The van der Waals surface area contributed by atoms with E-state index >= 15 is 0 Å². The summed E-state index contributed by atoms with van der Waals surface area (Å²) in [5.74, 6) is 1.56. The first kappa shape index (κ1) is 18.8. The minimum absolute atomic E-state index is 0.427. The van der Waals surface area contributed by atoms with Gasteiger partial charge in [-0.1, -0.05) is 0 Å². The molecule has 5 nitrogen and oxygen atoms in total. The second kappa shape index (κ2) is 7.71.